The van der Waals surface area contributed by atoms with Crippen molar-refractivity contribution in [1.82, 2.24) is 4.57 Å². The highest BCUT2D eigenvalue weighted by atomic mass is 35.5. The van der Waals surface area contributed by atoms with Crippen LogP contribution in [-0.2, 0) is 10.1 Å². The summed E-state index contributed by atoms with van der Waals surface area (Å²) in [5.74, 6) is -0.869. The van der Waals surface area contributed by atoms with Gasteiger partial charge in [-0.05, 0) is 18.2 Å². The number of nitriles is 1. The van der Waals surface area contributed by atoms with Crippen molar-refractivity contribution in [3.63, 3.8) is 0 Å². The molecule has 1 aromatic heterocycles. The lowest BCUT2D eigenvalue weighted by molar-refractivity contribution is -0.0499. The third-order valence-electron chi connectivity index (χ3n) is 2.52. The molecule has 0 aliphatic rings. The molecule has 2 rings (SSSR count). The van der Waals surface area contributed by atoms with Crippen molar-refractivity contribution in [2.45, 2.75) is 5.51 Å². The number of alkyl halides is 3. The van der Waals surface area contributed by atoms with Crippen LogP contribution in [0.5, 0.6) is 5.75 Å². The molecule has 0 N–H and O–H groups in total. The number of hydrogen-bond donors (Lipinski definition) is 0. The summed E-state index contributed by atoms with van der Waals surface area (Å²) in [7, 11) is -5.97. The maximum Gasteiger partial charge on any atom is 0.534 e. The van der Waals surface area contributed by atoms with Crippen molar-refractivity contribution in [2.75, 3.05) is 0 Å². The Labute approximate surface area is 126 Å². The Morgan fingerprint density at radius 1 is 1.27 bits per heavy atom. The van der Waals surface area contributed by atoms with Crippen LogP contribution < -0.4 is 9.74 Å². The summed E-state index contributed by atoms with van der Waals surface area (Å²) in [5, 5.41) is 8.69. The van der Waals surface area contributed by atoms with E-state index in [0.29, 0.717) is 10.6 Å². The predicted molar refractivity (Wildman–Crippen MR) is 69.8 cm³/mol. The number of fused-ring (bicyclic) bond motifs is 1. The van der Waals surface area contributed by atoms with Crippen LogP contribution in [0.2, 0.25) is 5.02 Å². The zero-order valence-corrected chi connectivity index (χ0v) is 11.8. The summed E-state index contributed by atoms with van der Waals surface area (Å²) in [6.07, 6.45) is 1.51. The zero-order chi connectivity index (χ0) is 16.7. The second-order valence-corrected chi connectivity index (χ2v) is 5.90. The van der Waals surface area contributed by atoms with Gasteiger partial charge in [-0.25, -0.2) is 4.57 Å². The van der Waals surface area contributed by atoms with Crippen LogP contribution in [-0.4, -0.2) is 18.5 Å². The molecule has 0 aliphatic carbocycles. The van der Waals surface area contributed by atoms with Gasteiger partial charge in [-0.2, -0.15) is 26.9 Å². The Balaban J connectivity index is 2.79. The number of hydrogen-bond acceptors (Lipinski definition) is 5. The lowest BCUT2D eigenvalue weighted by atomic mass is 10.2. The van der Waals surface area contributed by atoms with Gasteiger partial charge in [0.25, 0.3) is 5.56 Å². The van der Waals surface area contributed by atoms with Gasteiger partial charge >= 0.3 is 15.6 Å². The molecule has 0 fully saturated rings. The Morgan fingerprint density at radius 2 is 1.91 bits per heavy atom. The molecule has 0 unspecified atom stereocenters. The van der Waals surface area contributed by atoms with Crippen LogP contribution in [0.3, 0.4) is 0 Å². The van der Waals surface area contributed by atoms with Crippen molar-refractivity contribution in [3.8, 4) is 11.9 Å². The minimum absolute atomic E-state index is 0.0462. The van der Waals surface area contributed by atoms with Crippen LogP contribution in [0.4, 0.5) is 13.2 Å². The first-order valence-electron chi connectivity index (χ1n) is 5.33. The van der Waals surface area contributed by atoms with Gasteiger partial charge in [0.05, 0.1) is 5.52 Å². The fourth-order valence-corrected chi connectivity index (χ4v) is 2.25. The molecule has 1 heterocycles. The number of rotatable bonds is 2. The summed E-state index contributed by atoms with van der Waals surface area (Å²) in [6, 6.07) is 3.99. The molecular formula is C11H4ClF3N2O4S. The average Bonchev–Trinajstić information content (AvgIpc) is 2.38. The normalized spacial score (nSPS) is 12.1. The Kier molecular flexibility index (Phi) is 3.80. The maximum absolute atomic E-state index is 12.4. The predicted octanol–water partition coefficient (Wildman–Crippen LogP) is 2.21. The van der Waals surface area contributed by atoms with E-state index >= 15 is 0 Å². The molecule has 0 radical (unpaired) electrons. The van der Waals surface area contributed by atoms with E-state index in [1.807, 2.05) is 0 Å². The van der Waals surface area contributed by atoms with E-state index in [1.54, 1.807) is 0 Å². The zero-order valence-electron chi connectivity index (χ0n) is 10.3. The van der Waals surface area contributed by atoms with Gasteiger partial charge < -0.3 is 4.18 Å². The van der Waals surface area contributed by atoms with Gasteiger partial charge in [-0.15, -0.1) is 0 Å². The molecule has 0 bridgehead atoms. The standard InChI is InChI=1S/C11H4ClF3N2O4S/c12-6-1-2-8-7(3-6)9(4-10(18)17(8)5-16)21-22(19,20)11(13,14)15/h1-4H. The first-order valence-corrected chi connectivity index (χ1v) is 7.11. The van der Waals surface area contributed by atoms with Gasteiger partial charge in [0.15, 0.2) is 11.9 Å². The number of nitrogens with zero attached hydrogens (tertiary/aromatic N) is 2. The Hall–Kier alpha value is -2.25. The van der Waals surface area contributed by atoms with E-state index in [2.05, 4.69) is 4.18 Å². The lowest BCUT2D eigenvalue weighted by Gasteiger charge is -2.12. The van der Waals surface area contributed by atoms with Crippen LogP contribution in [0.15, 0.2) is 29.1 Å². The number of aromatic nitrogens is 1. The van der Waals surface area contributed by atoms with Gasteiger partial charge in [0.2, 0.25) is 0 Å². The second kappa shape index (κ2) is 5.19. The highest BCUT2D eigenvalue weighted by Gasteiger charge is 2.48. The van der Waals surface area contributed by atoms with Crippen molar-refractivity contribution < 1.29 is 25.8 Å². The van der Waals surface area contributed by atoms with Gasteiger partial charge in [-0.1, -0.05) is 11.6 Å². The summed E-state index contributed by atoms with van der Waals surface area (Å²) >= 11 is 5.69. The molecule has 0 saturated carbocycles. The highest BCUT2D eigenvalue weighted by molar-refractivity contribution is 7.88. The topological polar surface area (TPSA) is 89.2 Å². The van der Waals surface area contributed by atoms with Gasteiger partial charge in [0, 0.05) is 16.5 Å². The molecule has 11 heteroatoms. The van der Waals surface area contributed by atoms with E-state index in [0.717, 1.165) is 6.07 Å². The SMILES string of the molecule is N#Cn1c(=O)cc(OS(=O)(=O)C(F)(F)F)c2cc(Cl)ccc21. The number of benzene rings is 1. The van der Waals surface area contributed by atoms with Crippen molar-refractivity contribution >= 4 is 32.6 Å². The molecule has 0 atom stereocenters. The van der Waals surface area contributed by atoms with Crippen LogP contribution in [0.25, 0.3) is 10.9 Å². The molecule has 0 saturated heterocycles. The van der Waals surface area contributed by atoms with Gasteiger partial charge in [0.1, 0.15) is 0 Å². The van der Waals surface area contributed by atoms with E-state index in [-0.39, 0.29) is 15.9 Å². The average molecular weight is 353 g/mol. The molecule has 6 nitrogen and oxygen atoms in total. The van der Waals surface area contributed by atoms with Crippen molar-refractivity contribution in [3.05, 3.63) is 39.6 Å². The fraction of sp³-hybridized carbons (Fsp3) is 0.0909. The third kappa shape index (κ3) is 2.72. The minimum atomic E-state index is -5.97. The highest BCUT2D eigenvalue weighted by Crippen LogP contribution is 2.31. The van der Waals surface area contributed by atoms with E-state index < -0.39 is 26.9 Å². The molecule has 116 valence electrons. The number of pyridine rings is 1. The summed E-state index contributed by atoms with van der Waals surface area (Å²) in [4.78, 5) is 11.7. The molecule has 22 heavy (non-hydrogen) atoms. The van der Waals surface area contributed by atoms with Crippen molar-refractivity contribution in [1.29, 1.82) is 5.26 Å². The van der Waals surface area contributed by atoms with E-state index in [4.69, 9.17) is 16.9 Å². The minimum Gasteiger partial charge on any atom is -0.375 e. The second-order valence-electron chi connectivity index (χ2n) is 3.93. The first kappa shape index (κ1) is 16.1. The van der Waals surface area contributed by atoms with E-state index in [1.165, 1.54) is 18.3 Å². The van der Waals surface area contributed by atoms with Crippen LogP contribution >= 0.6 is 11.6 Å². The quantitative estimate of drug-likeness (QED) is 0.610. The fourth-order valence-electron chi connectivity index (χ4n) is 1.61. The molecule has 0 aliphatic heterocycles. The monoisotopic (exact) mass is 352 g/mol. The molecule has 0 spiro atoms. The lowest BCUT2D eigenvalue weighted by Crippen LogP contribution is -2.29. The number of halogens is 4. The summed E-state index contributed by atoms with van der Waals surface area (Å²) in [6.45, 7) is 0. The Bertz CT molecular complexity index is 960. The third-order valence-corrected chi connectivity index (χ3v) is 3.72. The maximum atomic E-state index is 12.4. The smallest absolute Gasteiger partial charge is 0.375 e. The summed E-state index contributed by atoms with van der Waals surface area (Å²) < 4.78 is 63.8. The summed E-state index contributed by atoms with van der Waals surface area (Å²) in [5.41, 5.74) is -6.86. The van der Waals surface area contributed by atoms with Crippen molar-refractivity contribution in [2.24, 2.45) is 0 Å². The first-order chi connectivity index (χ1) is 10.1. The van der Waals surface area contributed by atoms with Crippen LogP contribution in [0, 0.1) is 11.5 Å². The molecule has 0 amide bonds. The molecule has 1 aromatic carbocycles. The Morgan fingerprint density at radius 3 is 2.45 bits per heavy atom. The molecular weight excluding hydrogens is 349 g/mol. The van der Waals surface area contributed by atoms with Gasteiger partial charge in [-0.3, -0.25) is 4.79 Å². The van der Waals surface area contributed by atoms with Crippen LogP contribution in [0.1, 0.15) is 0 Å². The van der Waals surface area contributed by atoms with E-state index in [9.17, 15) is 26.4 Å². The molecule has 2 aromatic rings. The largest absolute Gasteiger partial charge is 0.534 e.